The molecule has 1 aromatic heterocycles. The molecule has 1 aromatic rings. The zero-order valence-corrected chi connectivity index (χ0v) is 13.4. The number of nitrogens with one attached hydrogen (secondary N) is 1. The third kappa shape index (κ3) is 4.46. The van der Waals surface area contributed by atoms with Crippen molar-refractivity contribution in [3.05, 3.63) is 29.6 Å². The Morgan fingerprint density at radius 1 is 1.29 bits per heavy atom. The maximum Gasteiger partial charge on any atom is 0.433 e. The lowest BCUT2D eigenvalue weighted by Crippen LogP contribution is -2.43. The van der Waals surface area contributed by atoms with Gasteiger partial charge in [0.05, 0.1) is 5.56 Å². The molecule has 8 heteroatoms. The summed E-state index contributed by atoms with van der Waals surface area (Å²) in [6, 6.07) is 1.94. The van der Waals surface area contributed by atoms with Gasteiger partial charge in [0.2, 0.25) is 5.91 Å². The van der Waals surface area contributed by atoms with Crippen LogP contribution >= 0.6 is 0 Å². The number of hydrogen-bond acceptors (Lipinski definition) is 3. The Balaban J connectivity index is 1.92. The highest BCUT2D eigenvalue weighted by Gasteiger charge is 2.33. The number of aromatic nitrogens is 1. The quantitative estimate of drug-likeness (QED) is 0.914. The summed E-state index contributed by atoms with van der Waals surface area (Å²) >= 11 is 0. The van der Waals surface area contributed by atoms with E-state index in [1.165, 1.54) is 0 Å². The van der Waals surface area contributed by atoms with Gasteiger partial charge in [0.15, 0.2) is 0 Å². The van der Waals surface area contributed by atoms with E-state index in [-0.39, 0.29) is 23.3 Å². The Kier molecular flexibility index (Phi) is 5.80. The van der Waals surface area contributed by atoms with Crippen LogP contribution in [0.3, 0.4) is 0 Å². The lowest BCUT2D eigenvalue weighted by atomic mass is 9.95. The predicted molar refractivity (Wildman–Crippen MR) is 81.2 cm³/mol. The van der Waals surface area contributed by atoms with Gasteiger partial charge in [-0.05, 0) is 31.4 Å². The van der Waals surface area contributed by atoms with E-state index >= 15 is 0 Å². The van der Waals surface area contributed by atoms with Crippen LogP contribution in [-0.2, 0) is 11.0 Å². The summed E-state index contributed by atoms with van der Waals surface area (Å²) in [7, 11) is 0. The molecule has 2 amide bonds. The third-order valence-electron chi connectivity index (χ3n) is 4.00. The number of piperidine rings is 1. The van der Waals surface area contributed by atoms with Crippen molar-refractivity contribution in [2.75, 3.05) is 19.6 Å². The molecule has 2 rings (SSSR count). The molecular formula is C16H20F3N3O2. The molecule has 0 aliphatic carbocycles. The fourth-order valence-corrected chi connectivity index (χ4v) is 2.61. The first-order valence-electron chi connectivity index (χ1n) is 7.93. The molecule has 0 aromatic carbocycles. The molecular weight excluding hydrogens is 323 g/mol. The summed E-state index contributed by atoms with van der Waals surface area (Å²) in [5.74, 6) is -0.477. The molecule has 5 nitrogen and oxygen atoms in total. The number of rotatable bonds is 4. The van der Waals surface area contributed by atoms with E-state index in [4.69, 9.17) is 0 Å². The van der Waals surface area contributed by atoms with Crippen LogP contribution < -0.4 is 5.32 Å². The first-order valence-corrected chi connectivity index (χ1v) is 7.93. The fraction of sp³-hybridized carbons (Fsp3) is 0.562. The minimum Gasteiger partial charge on any atom is -0.356 e. The number of hydrogen-bond donors (Lipinski definition) is 1. The fourth-order valence-electron chi connectivity index (χ4n) is 2.61. The number of likely N-dealkylation sites (tertiary alicyclic amines) is 1. The molecule has 0 saturated carbocycles. The standard InChI is InChI=1S/C16H20F3N3O2/c1-2-7-20-14(23)11-5-8-22(9-6-11)15(24)12-3-4-13(21-10-12)16(17,18)19/h3-4,10-11H,2,5-9H2,1H3,(H,20,23). The van der Waals surface area contributed by atoms with E-state index in [2.05, 4.69) is 10.3 Å². The first-order chi connectivity index (χ1) is 11.3. The zero-order valence-electron chi connectivity index (χ0n) is 13.4. The Morgan fingerprint density at radius 2 is 1.96 bits per heavy atom. The van der Waals surface area contributed by atoms with Gasteiger partial charge in [-0.2, -0.15) is 13.2 Å². The third-order valence-corrected chi connectivity index (χ3v) is 4.00. The average molecular weight is 343 g/mol. The van der Waals surface area contributed by atoms with Crippen molar-refractivity contribution in [2.24, 2.45) is 5.92 Å². The minimum absolute atomic E-state index is 0.000135. The van der Waals surface area contributed by atoms with Gasteiger partial charge in [-0.25, -0.2) is 0 Å². The van der Waals surface area contributed by atoms with Crippen LogP contribution in [0.1, 0.15) is 42.2 Å². The number of nitrogens with zero attached hydrogens (tertiary/aromatic N) is 2. The molecule has 0 unspecified atom stereocenters. The molecule has 1 saturated heterocycles. The van der Waals surface area contributed by atoms with Gasteiger partial charge in [0, 0.05) is 31.7 Å². The van der Waals surface area contributed by atoms with Crippen LogP contribution in [0.25, 0.3) is 0 Å². The largest absolute Gasteiger partial charge is 0.433 e. The van der Waals surface area contributed by atoms with E-state index in [0.717, 1.165) is 24.8 Å². The lowest BCUT2D eigenvalue weighted by molar-refractivity contribution is -0.141. The van der Waals surface area contributed by atoms with Gasteiger partial charge < -0.3 is 10.2 Å². The number of carbonyl (C=O) groups excluding carboxylic acids is 2. The van der Waals surface area contributed by atoms with Crippen LogP contribution in [0.4, 0.5) is 13.2 Å². The number of alkyl halides is 3. The molecule has 1 aliphatic rings. The van der Waals surface area contributed by atoms with Crippen molar-refractivity contribution in [2.45, 2.75) is 32.4 Å². The van der Waals surface area contributed by atoms with Gasteiger partial charge in [-0.15, -0.1) is 0 Å². The van der Waals surface area contributed by atoms with Crippen molar-refractivity contribution in [1.82, 2.24) is 15.2 Å². The van der Waals surface area contributed by atoms with E-state index in [9.17, 15) is 22.8 Å². The molecule has 1 aliphatic heterocycles. The summed E-state index contributed by atoms with van der Waals surface area (Å²) in [6.45, 7) is 3.42. The first kappa shape index (κ1) is 18.2. The van der Waals surface area contributed by atoms with Crippen LogP contribution in [0.2, 0.25) is 0 Å². The molecule has 2 heterocycles. The molecule has 0 bridgehead atoms. The highest BCUT2D eigenvalue weighted by Crippen LogP contribution is 2.27. The van der Waals surface area contributed by atoms with Crippen LogP contribution in [0, 0.1) is 5.92 Å². The predicted octanol–water partition coefficient (Wildman–Crippen LogP) is 2.48. The number of carbonyl (C=O) groups is 2. The second-order valence-corrected chi connectivity index (χ2v) is 5.79. The lowest BCUT2D eigenvalue weighted by Gasteiger charge is -2.31. The second-order valence-electron chi connectivity index (χ2n) is 5.79. The van der Waals surface area contributed by atoms with Gasteiger partial charge in [-0.3, -0.25) is 14.6 Å². The topological polar surface area (TPSA) is 62.3 Å². The van der Waals surface area contributed by atoms with Gasteiger partial charge in [-0.1, -0.05) is 6.92 Å². The summed E-state index contributed by atoms with van der Waals surface area (Å²) < 4.78 is 37.5. The summed E-state index contributed by atoms with van der Waals surface area (Å²) in [4.78, 5) is 29.1. The molecule has 132 valence electrons. The summed E-state index contributed by atoms with van der Waals surface area (Å²) in [5.41, 5.74) is -0.901. The Morgan fingerprint density at radius 3 is 2.46 bits per heavy atom. The highest BCUT2D eigenvalue weighted by molar-refractivity contribution is 5.94. The average Bonchev–Trinajstić information content (AvgIpc) is 2.58. The maximum absolute atomic E-state index is 12.5. The summed E-state index contributed by atoms with van der Waals surface area (Å²) in [5, 5.41) is 2.84. The molecule has 0 spiro atoms. The smallest absolute Gasteiger partial charge is 0.356 e. The van der Waals surface area contributed by atoms with Crippen LogP contribution in [-0.4, -0.2) is 41.3 Å². The molecule has 24 heavy (non-hydrogen) atoms. The number of pyridine rings is 1. The Bertz CT molecular complexity index is 579. The van der Waals surface area contributed by atoms with Crippen LogP contribution in [0.5, 0.6) is 0 Å². The van der Waals surface area contributed by atoms with Crippen LogP contribution in [0.15, 0.2) is 18.3 Å². The second kappa shape index (κ2) is 7.63. The molecule has 1 N–H and O–H groups in total. The SMILES string of the molecule is CCCNC(=O)C1CCN(C(=O)c2ccc(C(F)(F)F)nc2)CC1. The number of amides is 2. The highest BCUT2D eigenvalue weighted by atomic mass is 19.4. The number of halogens is 3. The molecule has 0 radical (unpaired) electrons. The van der Waals surface area contributed by atoms with Crippen molar-refractivity contribution in [1.29, 1.82) is 0 Å². The van der Waals surface area contributed by atoms with E-state index in [1.54, 1.807) is 4.90 Å². The van der Waals surface area contributed by atoms with Gasteiger partial charge in [0.25, 0.3) is 5.91 Å². The van der Waals surface area contributed by atoms with Crippen molar-refractivity contribution < 1.29 is 22.8 Å². The van der Waals surface area contributed by atoms with Gasteiger partial charge >= 0.3 is 6.18 Å². The van der Waals surface area contributed by atoms with E-state index in [1.807, 2.05) is 6.92 Å². The van der Waals surface area contributed by atoms with E-state index in [0.29, 0.717) is 32.5 Å². The Hall–Kier alpha value is -2.12. The van der Waals surface area contributed by atoms with Gasteiger partial charge in [0.1, 0.15) is 5.69 Å². The minimum atomic E-state index is -4.52. The van der Waals surface area contributed by atoms with E-state index < -0.39 is 11.9 Å². The molecule has 1 fully saturated rings. The maximum atomic E-state index is 12.5. The monoisotopic (exact) mass is 343 g/mol. The summed E-state index contributed by atoms with van der Waals surface area (Å²) in [6.07, 6.45) is -1.61. The van der Waals surface area contributed by atoms with Crippen molar-refractivity contribution >= 4 is 11.8 Å². The van der Waals surface area contributed by atoms with Crippen molar-refractivity contribution in [3.8, 4) is 0 Å². The molecule has 0 atom stereocenters. The normalized spacial score (nSPS) is 16.1. The van der Waals surface area contributed by atoms with Crippen molar-refractivity contribution in [3.63, 3.8) is 0 Å². The Labute approximate surface area is 138 Å². The zero-order chi connectivity index (χ0) is 17.7.